The van der Waals surface area contributed by atoms with Crippen molar-refractivity contribution in [3.05, 3.63) is 0 Å². The van der Waals surface area contributed by atoms with Crippen LogP contribution in [0.2, 0.25) is 0 Å². The summed E-state index contributed by atoms with van der Waals surface area (Å²) in [5, 5.41) is 0. The van der Waals surface area contributed by atoms with Crippen molar-refractivity contribution < 1.29 is 19.1 Å². The summed E-state index contributed by atoms with van der Waals surface area (Å²) in [7, 11) is 0. The summed E-state index contributed by atoms with van der Waals surface area (Å²) >= 11 is 0. The molecule has 1 aliphatic rings. The van der Waals surface area contributed by atoms with Crippen molar-refractivity contribution in [3.63, 3.8) is 0 Å². The monoisotopic (exact) mass is 184 g/mol. The highest BCUT2D eigenvalue weighted by Gasteiger charge is 2.45. The summed E-state index contributed by atoms with van der Waals surface area (Å²) in [4.78, 5) is 33.2. The molecule has 4 nitrogen and oxygen atoms in total. The van der Waals surface area contributed by atoms with Gasteiger partial charge in [-0.25, -0.2) is 0 Å². The first-order valence-electron chi connectivity index (χ1n) is 4.20. The highest BCUT2D eigenvalue weighted by molar-refractivity contribution is 6.40. The Morgan fingerprint density at radius 3 is 2.15 bits per heavy atom. The number of Topliss-reactive ketones (excluding diaryl/α,β-unsaturated/α-hetero) is 2. The summed E-state index contributed by atoms with van der Waals surface area (Å²) in [5.41, 5.74) is 0. The molecule has 0 radical (unpaired) electrons. The van der Waals surface area contributed by atoms with E-state index in [-0.39, 0.29) is 12.0 Å². The summed E-state index contributed by atoms with van der Waals surface area (Å²) < 4.78 is 4.85. The van der Waals surface area contributed by atoms with Gasteiger partial charge >= 0.3 is 5.97 Å². The molecule has 0 N–H and O–H groups in total. The van der Waals surface area contributed by atoms with E-state index in [1.54, 1.807) is 13.8 Å². The number of esters is 1. The lowest BCUT2D eigenvalue weighted by molar-refractivity contribution is -0.149. The van der Waals surface area contributed by atoms with E-state index in [4.69, 9.17) is 4.74 Å². The Balaban J connectivity index is 2.86. The molecular weight excluding hydrogens is 172 g/mol. The summed E-state index contributed by atoms with van der Waals surface area (Å²) in [6.45, 7) is 4.63. The van der Waals surface area contributed by atoms with Gasteiger partial charge in [-0.05, 0) is 6.92 Å². The van der Waals surface area contributed by atoms with Crippen LogP contribution < -0.4 is 0 Å². The third-order valence-corrected chi connectivity index (χ3v) is 2.45. The van der Waals surface area contributed by atoms with Crippen molar-refractivity contribution in [3.8, 4) is 0 Å². The van der Waals surface area contributed by atoms with E-state index in [1.165, 1.54) is 6.92 Å². The van der Waals surface area contributed by atoms with Gasteiger partial charge in [-0.3, -0.25) is 14.4 Å². The lowest BCUT2D eigenvalue weighted by Crippen LogP contribution is -2.29. The lowest BCUT2D eigenvalue weighted by Gasteiger charge is -2.09. The minimum absolute atomic E-state index is 0.205. The van der Waals surface area contributed by atoms with Gasteiger partial charge in [0.1, 0.15) is 12.0 Å². The average molecular weight is 184 g/mol. The Bertz CT molecular complexity index is 269. The third kappa shape index (κ3) is 1.61. The van der Waals surface area contributed by atoms with E-state index in [2.05, 4.69) is 0 Å². The Labute approximate surface area is 76.3 Å². The largest absolute Gasteiger partial charge is 0.462 e. The fraction of sp³-hybridized carbons (Fsp3) is 0.667. The molecule has 0 aliphatic carbocycles. The van der Waals surface area contributed by atoms with Crippen LogP contribution in [-0.2, 0) is 19.1 Å². The molecule has 3 atom stereocenters. The number of hydrogen-bond donors (Lipinski definition) is 0. The number of carbonyl (C=O) groups is 3. The number of carbonyl (C=O) groups excluding carboxylic acids is 3. The minimum Gasteiger partial charge on any atom is -0.462 e. The van der Waals surface area contributed by atoms with Crippen molar-refractivity contribution in [1.82, 2.24) is 0 Å². The van der Waals surface area contributed by atoms with Crippen molar-refractivity contribution in [2.24, 2.45) is 11.8 Å². The van der Waals surface area contributed by atoms with Gasteiger partial charge in [0.2, 0.25) is 5.78 Å². The Hall–Kier alpha value is -1.19. The molecule has 1 rings (SSSR count). The van der Waals surface area contributed by atoms with Crippen LogP contribution >= 0.6 is 0 Å². The molecule has 13 heavy (non-hydrogen) atoms. The van der Waals surface area contributed by atoms with Crippen LogP contribution in [0, 0.1) is 11.8 Å². The lowest BCUT2D eigenvalue weighted by atomic mass is 9.88. The topological polar surface area (TPSA) is 60.4 Å². The number of hydrogen-bond acceptors (Lipinski definition) is 4. The van der Waals surface area contributed by atoms with E-state index >= 15 is 0 Å². The molecule has 1 aliphatic heterocycles. The van der Waals surface area contributed by atoms with Gasteiger partial charge in [-0.1, -0.05) is 6.92 Å². The van der Waals surface area contributed by atoms with Crippen molar-refractivity contribution in [2.45, 2.75) is 26.9 Å². The summed E-state index contributed by atoms with van der Waals surface area (Å²) in [5.74, 6) is -2.87. The van der Waals surface area contributed by atoms with Gasteiger partial charge in [0.05, 0.1) is 0 Å². The summed E-state index contributed by atoms with van der Waals surface area (Å²) in [6, 6.07) is 0. The molecule has 4 heteroatoms. The van der Waals surface area contributed by atoms with Crippen LogP contribution in [0.1, 0.15) is 20.8 Å². The van der Waals surface area contributed by atoms with Crippen LogP contribution in [-0.4, -0.2) is 23.6 Å². The number of cyclic esters (lactones) is 1. The van der Waals surface area contributed by atoms with E-state index in [0.29, 0.717) is 0 Å². The van der Waals surface area contributed by atoms with Gasteiger partial charge in [0, 0.05) is 12.8 Å². The van der Waals surface area contributed by atoms with Crippen molar-refractivity contribution in [1.29, 1.82) is 0 Å². The van der Waals surface area contributed by atoms with Crippen LogP contribution in [0.25, 0.3) is 0 Å². The molecule has 0 amide bonds. The molecule has 3 unspecified atom stereocenters. The molecular formula is C9H12O4. The van der Waals surface area contributed by atoms with Gasteiger partial charge in [0.15, 0.2) is 5.78 Å². The fourth-order valence-corrected chi connectivity index (χ4v) is 1.41. The molecule has 0 aromatic rings. The first kappa shape index (κ1) is 9.89. The van der Waals surface area contributed by atoms with Crippen molar-refractivity contribution in [2.75, 3.05) is 0 Å². The SMILES string of the molecule is CC(=O)C(=O)C1C(=O)OC(C)C1C. The van der Waals surface area contributed by atoms with Crippen molar-refractivity contribution >= 4 is 17.5 Å². The zero-order valence-electron chi connectivity index (χ0n) is 7.87. The Kier molecular flexibility index (Phi) is 2.50. The van der Waals surface area contributed by atoms with E-state index in [9.17, 15) is 14.4 Å². The van der Waals surface area contributed by atoms with Gasteiger partial charge in [0.25, 0.3) is 0 Å². The first-order chi connectivity index (χ1) is 5.95. The maximum absolute atomic E-state index is 11.3. The van der Waals surface area contributed by atoms with Crippen LogP contribution in [0.4, 0.5) is 0 Å². The molecule has 0 saturated carbocycles. The first-order valence-corrected chi connectivity index (χ1v) is 4.20. The molecule has 72 valence electrons. The molecule has 1 saturated heterocycles. The van der Waals surface area contributed by atoms with E-state index in [1.807, 2.05) is 0 Å². The molecule has 0 aromatic heterocycles. The predicted octanol–water partition coefficient (Wildman–Crippen LogP) is 0.342. The molecule has 1 fully saturated rings. The van der Waals surface area contributed by atoms with Gasteiger partial charge in [-0.15, -0.1) is 0 Å². The normalized spacial score (nSPS) is 32.8. The fourth-order valence-electron chi connectivity index (χ4n) is 1.41. The standard InChI is InChI=1S/C9H12O4/c1-4-6(3)13-9(12)7(4)8(11)5(2)10/h4,6-7H,1-3H3. The third-order valence-electron chi connectivity index (χ3n) is 2.45. The maximum atomic E-state index is 11.3. The summed E-state index contributed by atoms with van der Waals surface area (Å²) in [6.07, 6.45) is -0.277. The zero-order chi connectivity index (χ0) is 10.2. The zero-order valence-corrected chi connectivity index (χ0v) is 7.87. The second-order valence-electron chi connectivity index (χ2n) is 3.40. The number of rotatable bonds is 2. The van der Waals surface area contributed by atoms with Gasteiger partial charge < -0.3 is 4.74 Å². The predicted molar refractivity (Wildman–Crippen MR) is 43.9 cm³/mol. The second kappa shape index (κ2) is 3.28. The van der Waals surface area contributed by atoms with Crippen LogP contribution in [0.3, 0.4) is 0 Å². The Morgan fingerprint density at radius 2 is 1.85 bits per heavy atom. The molecule has 0 spiro atoms. The highest BCUT2D eigenvalue weighted by Crippen LogP contribution is 2.28. The van der Waals surface area contributed by atoms with Crippen LogP contribution in [0.15, 0.2) is 0 Å². The quantitative estimate of drug-likeness (QED) is 0.353. The van der Waals surface area contributed by atoms with Gasteiger partial charge in [-0.2, -0.15) is 0 Å². The highest BCUT2D eigenvalue weighted by atomic mass is 16.6. The molecule has 0 aromatic carbocycles. The van der Waals surface area contributed by atoms with Crippen LogP contribution in [0.5, 0.6) is 0 Å². The average Bonchev–Trinajstić information content (AvgIpc) is 2.26. The van der Waals surface area contributed by atoms with E-state index < -0.39 is 23.5 Å². The minimum atomic E-state index is -0.882. The number of ether oxygens (including phenoxy) is 1. The smallest absolute Gasteiger partial charge is 0.317 e. The second-order valence-corrected chi connectivity index (χ2v) is 3.40. The molecule has 0 bridgehead atoms. The Morgan fingerprint density at radius 1 is 1.31 bits per heavy atom. The van der Waals surface area contributed by atoms with E-state index in [0.717, 1.165) is 0 Å². The number of ketones is 2. The molecule has 1 heterocycles. The maximum Gasteiger partial charge on any atom is 0.317 e.